The lowest BCUT2D eigenvalue weighted by molar-refractivity contribution is -0.133. The van der Waals surface area contributed by atoms with Crippen molar-refractivity contribution in [2.75, 3.05) is 0 Å². The van der Waals surface area contributed by atoms with Crippen molar-refractivity contribution in [2.24, 2.45) is 23.5 Å². The van der Waals surface area contributed by atoms with E-state index in [2.05, 4.69) is 21.2 Å². The predicted octanol–water partition coefficient (Wildman–Crippen LogP) is 3.24. The third-order valence-corrected chi connectivity index (χ3v) is 4.71. The van der Waals surface area contributed by atoms with E-state index in [0.717, 1.165) is 10.0 Å². The highest BCUT2D eigenvalue weighted by Gasteiger charge is 2.28. The molecule has 2 amide bonds. The highest BCUT2D eigenvalue weighted by molar-refractivity contribution is 9.10. The van der Waals surface area contributed by atoms with E-state index in [4.69, 9.17) is 5.73 Å². The summed E-state index contributed by atoms with van der Waals surface area (Å²) >= 11 is 3.37. The number of Topliss-reactive ketones (excluding diaryl/α,β-unsaturated/α-hetero) is 1. The quantitative estimate of drug-likeness (QED) is 0.603. The molecule has 0 heterocycles. The largest absolute Gasteiger partial charge is 0.368 e. The van der Waals surface area contributed by atoms with Crippen LogP contribution in [0.3, 0.4) is 0 Å². The van der Waals surface area contributed by atoms with E-state index < -0.39 is 17.9 Å². The van der Waals surface area contributed by atoms with Crippen molar-refractivity contribution in [3.8, 4) is 0 Å². The minimum absolute atomic E-state index is 0.00768. The van der Waals surface area contributed by atoms with E-state index in [-0.39, 0.29) is 29.9 Å². The Balaban J connectivity index is 2.78. The van der Waals surface area contributed by atoms with E-state index in [9.17, 15) is 14.4 Å². The van der Waals surface area contributed by atoms with Crippen LogP contribution in [0.25, 0.3) is 0 Å². The van der Waals surface area contributed by atoms with Gasteiger partial charge in [-0.1, -0.05) is 55.8 Å². The first-order valence-electron chi connectivity index (χ1n) is 8.96. The van der Waals surface area contributed by atoms with E-state index in [1.54, 1.807) is 0 Å². The number of halogens is 1. The minimum Gasteiger partial charge on any atom is -0.368 e. The van der Waals surface area contributed by atoms with E-state index in [0.29, 0.717) is 12.8 Å². The van der Waals surface area contributed by atoms with Crippen molar-refractivity contribution in [1.29, 1.82) is 0 Å². The van der Waals surface area contributed by atoms with E-state index >= 15 is 0 Å². The lowest BCUT2D eigenvalue weighted by atomic mass is 9.89. The van der Waals surface area contributed by atoms with Gasteiger partial charge in [-0.15, -0.1) is 0 Å². The van der Waals surface area contributed by atoms with Crippen LogP contribution in [0.2, 0.25) is 0 Å². The van der Waals surface area contributed by atoms with Crippen LogP contribution >= 0.6 is 15.9 Å². The molecule has 5 nitrogen and oxygen atoms in total. The van der Waals surface area contributed by atoms with Crippen molar-refractivity contribution < 1.29 is 14.4 Å². The van der Waals surface area contributed by atoms with Gasteiger partial charge in [-0.3, -0.25) is 14.4 Å². The molecule has 3 N–H and O–H groups in total. The van der Waals surface area contributed by atoms with Crippen LogP contribution in [-0.2, 0) is 20.8 Å². The predicted molar refractivity (Wildman–Crippen MR) is 106 cm³/mol. The highest BCUT2D eigenvalue weighted by atomic mass is 79.9. The van der Waals surface area contributed by atoms with Crippen molar-refractivity contribution in [2.45, 2.75) is 53.0 Å². The summed E-state index contributed by atoms with van der Waals surface area (Å²) in [6.07, 6.45) is 1.03. The second kappa shape index (κ2) is 10.5. The Labute approximate surface area is 164 Å². The van der Waals surface area contributed by atoms with E-state index in [1.165, 1.54) is 0 Å². The number of hydrogen-bond donors (Lipinski definition) is 2. The van der Waals surface area contributed by atoms with Gasteiger partial charge in [0.1, 0.15) is 11.8 Å². The zero-order chi connectivity index (χ0) is 19.9. The molecule has 0 spiro atoms. The molecule has 0 saturated carbocycles. The Hall–Kier alpha value is -1.69. The summed E-state index contributed by atoms with van der Waals surface area (Å²) in [5.41, 5.74) is 6.29. The fourth-order valence-electron chi connectivity index (χ4n) is 2.87. The maximum absolute atomic E-state index is 12.7. The smallest absolute Gasteiger partial charge is 0.240 e. The molecule has 1 aromatic carbocycles. The normalized spacial score (nSPS) is 13.5. The fourth-order valence-corrected chi connectivity index (χ4v) is 3.13. The molecule has 0 fully saturated rings. The molecule has 6 heteroatoms. The average Bonchev–Trinajstić information content (AvgIpc) is 2.52. The van der Waals surface area contributed by atoms with Gasteiger partial charge in [-0.05, 0) is 36.0 Å². The topological polar surface area (TPSA) is 89.3 Å². The SMILES string of the molecule is CC(C)C[C@H](CC(=O)Cc1ccc(Br)cc1)C(=O)N[C@H](C(N)=O)C(C)C. The molecule has 0 aromatic heterocycles. The second-order valence-corrected chi connectivity index (χ2v) is 8.42. The van der Waals surface area contributed by atoms with Gasteiger partial charge < -0.3 is 11.1 Å². The van der Waals surface area contributed by atoms with Crippen LogP contribution in [0.1, 0.15) is 46.1 Å². The molecule has 26 heavy (non-hydrogen) atoms. The maximum Gasteiger partial charge on any atom is 0.240 e. The summed E-state index contributed by atoms with van der Waals surface area (Å²) in [6.45, 7) is 7.67. The van der Waals surface area contributed by atoms with Gasteiger partial charge >= 0.3 is 0 Å². The first kappa shape index (κ1) is 22.4. The number of ketones is 1. The Morgan fingerprint density at radius 2 is 1.65 bits per heavy atom. The van der Waals surface area contributed by atoms with Crippen LogP contribution in [0.4, 0.5) is 0 Å². The summed E-state index contributed by atoms with van der Waals surface area (Å²) in [5, 5.41) is 2.73. The molecule has 0 aliphatic rings. The average molecular weight is 425 g/mol. The molecular formula is C20H29BrN2O3. The molecule has 1 rings (SSSR count). The number of carbonyl (C=O) groups is 3. The van der Waals surface area contributed by atoms with E-state index in [1.807, 2.05) is 52.0 Å². The zero-order valence-corrected chi connectivity index (χ0v) is 17.5. The lowest BCUT2D eigenvalue weighted by Gasteiger charge is -2.24. The van der Waals surface area contributed by atoms with Crippen molar-refractivity contribution in [1.82, 2.24) is 5.32 Å². The van der Waals surface area contributed by atoms with Crippen LogP contribution in [0, 0.1) is 17.8 Å². The monoisotopic (exact) mass is 424 g/mol. The van der Waals surface area contributed by atoms with Crippen molar-refractivity contribution in [3.05, 3.63) is 34.3 Å². The number of benzene rings is 1. The molecule has 0 aliphatic heterocycles. The van der Waals surface area contributed by atoms with Crippen molar-refractivity contribution >= 4 is 33.5 Å². The zero-order valence-electron chi connectivity index (χ0n) is 15.9. The summed E-state index contributed by atoms with van der Waals surface area (Å²) in [4.78, 5) is 36.7. The molecule has 0 saturated heterocycles. The number of carbonyl (C=O) groups excluding carboxylic acids is 3. The number of amides is 2. The van der Waals surface area contributed by atoms with Gasteiger partial charge in [-0.2, -0.15) is 0 Å². The molecule has 0 aliphatic carbocycles. The van der Waals surface area contributed by atoms with Crippen LogP contribution in [0.15, 0.2) is 28.7 Å². The number of rotatable bonds is 10. The molecule has 2 atom stereocenters. The molecule has 0 bridgehead atoms. The maximum atomic E-state index is 12.7. The number of nitrogens with one attached hydrogen (secondary N) is 1. The Morgan fingerprint density at radius 1 is 1.08 bits per heavy atom. The van der Waals surface area contributed by atoms with Crippen LogP contribution < -0.4 is 11.1 Å². The van der Waals surface area contributed by atoms with Gasteiger partial charge in [-0.25, -0.2) is 0 Å². The summed E-state index contributed by atoms with van der Waals surface area (Å²) in [7, 11) is 0. The highest BCUT2D eigenvalue weighted by Crippen LogP contribution is 2.19. The third-order valence-electron chi connectivity index (χ3n) is 4.19. The molecule has 0 unspecified atom stereocenters. The molecule has 0 radical (unpaired) electrons. The third kappa shape index (κ3) is 7.68. The van der Waals surface area contributed by atoms with Gasteiger partial charge in [0.05, 0.1) is 0 Å². The van der Waals surface area contributed by atoms with Gasteiger partial charge in [0.2, 0.25) is 11.8 Å². The number of nitrogens with two attached hydrogens (primary N) is 1. The standard InChI is InChI=1S/C20H29BrN2O3/c1-12(2)9-15(20(26)23-18(13(3)4)19(22)25)11-17(24)10-14-5-7-16(21)8-6-14/h5-8,12-13,15,18H,9-11H2,1-4H3,(H2,22,25)(H,23,26)/t15-,18+/m1/s1. The number of primary amides is 1. The lowest BCUT2D eigenvalue weighted by Crippen LogP contribution is -2.49. The number of hydrogen-bond acceptors (Lipinski definition) is 3. The molecular weight excluding hydrogens is 396 g/mol. The second-order valence-electron chi connectivity index (χ2n) is 7.51. The van der Waals surface area contributed by atoms with Gasteiger partial charge in [0, 0.05) is 23.2 Å². The summed E-state index contributed by atoms with van der Waals surface area (Å²) in [6, 6.07) is 6.84. The Kier molecular flexibility index (Phi) is 8.99. The first-order valence-corrected chi connectivity index (χ1v) is 9.75. The van der Waals surface area contributed by atoms with Gasteiger partial charge in [0.15, 0.2) is 0 Å². The molecule has 144 valence electrons. The Morgan fingerprint density at radius 3 is 2.12 bits per heavy atom. The summed E-state index contributed by atoms with van der Waals surface area (Å²) in [5.74, 6) is -1.13. The van der Waals surface area contributed by atoms with Gasteiger partial charge in [0.25, 0.3) is 0 Å². The van der Waals surface area contributed by atoms with Crippen molar-refractivity contribution in [3.63, 3.8) is 0 Å². The fraction of sp³-hybridized carbons (Fsp3) is 0.550. The molecule has 1 aromatic rings. The van der Waals surface area contributed by atoms with Crippen LogP contribution in [0.5, 0.6) is 0 Å². The first-order chi connectivity index (χ1) is 12.1. The Bertz CT molecular complexity index is 626. The summed E-state index contributed by atoms with van der Waals surface area (Å²) < 4.78 is 0.956. The van der Waals surface area contributed by atoms with Crippen LogP contribution in [-0.4, -0.2) is 23.6 Å². The minimum atomic E-state index is -0.723.